The SMILES string of the molecule is COC(=O)CC[C@H](NC(C)=O)C(=O)NC(=O)NCc1ccccc1. The molecule has 1 atom stereocenters. The standard InChI is InChI=1S/C16H21N3O5/c1-11(20)18-13(8-9-14(21)24-2)15(22)19-16(23)17-10-12-6-4-3-5-7-12/h3-7,13H,8-10H2,1-2H3,(H,18,20)(H2,17,19,22,23)/t13-/m0/s1. The molecule has 24 heavy (non-hydrogen) atoms. The first-order valence-corrected chi connectivity index (χ1v) is 7.39. The molecule has 0 bridgehead atoms. The minimum atomic E-state index is -0.996. The molecule has 0 aromatic heterocycles. The predicted molar refractivity (Wildman–Crippen MR) is 85.7 cm³/mol. The summed E-state index contributed by atoms with van der Waals surface area (Å²) in [6, 6.07) is 7.50. The number of hydrogen-bond acceptors (Lipinski definition) is 5. The summed E-state index contributed by atoms with van der Waals surface area (Å²) in [7, 11) is 1.23. The van der Waals surface area contributed by atoms with Gasteiger partial charge in [-0.1, -0.05) is 30.3 Å². The molecule has 0 saturated carbocycles. The Balaban J connectivity index is 2.51. The molecule has 0 saturated heterocycles. The van der Waals surface area contributed by atoms with E-state index < -0.39 is 29.9 Å². The molecule has 0 unspecified atom stereocenters. The lowest BCUT2D eigenvalue weighted by Gasteiger charge is -2.16. The largest absolute Gasteiger partial charge is 0.469 e. The second-order valence-corrected chi connectivity index (χ2v) is 5.03. The van der Waals surface area contributed by atoms with Gasteiger partial charge in [-0.25, -0.2) is 4.79 Å². The van der Waals surface area contributed by atoms with E-state index in [0.29, 0.717) is 0 Å². The van der Waals surface area contributed by atoms with E-state index in [9.17, 15) is 19.2 Å². The van der Waals surface area contributed by atoms with Crippen LogP contribution < -0.4 is 16.0 Å². The Bertz CT molecular complexity index is 589. The molecule has 0 radical (unpaired) electrons. The third kappa shape index (κ3) is 7.39. The maximum absolute atomic E-state index is 12.1. The number of hydrogen-bond donors (Lipinski definition) is 3. The summed E-state index contributed by atoms with van der Waals surface area (Å²) < 4.78 is 4.49. The molecular weight excluding hydrogens is 314 g/mol. The highest BCUT2D eigenvalue weighted by atomic mass is 16.5. The molecule has 0 aliphatic heterocycles. The number of urea groups is 1. The van der Waals surface area contributed by atoms with Crippen LogP contribution in [-0.2, 0) is 25.7 Å². The van der Waals surface area contributed by atoms with Crippen molar-refractivity contribution in [2.45, 2.75) is 32.4 Å². The van der Waals surface area contributed by atoms with Gasteiger partial charge >= 0.3 is 12.0 Å². The van der Waals surface area contributed by atoms with Gasteiger partial charge in [-0.2, -0.15) is 0 Å². The summed E-state index contributed by atoms with van der Waals surface area (Å²) in [6.45, 7) is 1.50. The van der Waals surface area contributed by atoms with Crippen LogP contribution in [0.1, 0.15) is 25.3 Å². The van der Waals surface area contributed by atoms with Crippen LogP contribution in [0.15, 0.2) is 30.3 Å². The predicted octanol–water partition coefficient (Wildman–Crippen LogP) is 0.470. The zero-order valence-electron chi connectivity index (χ0n) is 13.6. The number of ether oxygens (including phenoxy) is 1. The van der Waals surface area contributed by atoms with Crippen LogP contribution in [0.4, 0.5) is 4.79 Å². The molecule has 0 heterocycles. The number of esters is 1. The summed E-state index contributed by atoms with van der Waals surface area (Å²) in [5, 5.41) is 7.08. The van der Waals surface area contributed by atoms with Crippen LogP contribution in [-0.4, -0.2) is 37.0 Å². The molecule has 130 valence electrons. The maximum Gasteiger partial charge on any atom is 0.321 e. The minimum Gasteiger partial charge on any atom is -0.469 e. The Hall–Kier alpha value is -2.90. The van der Waals surface area contributed by atoms with E-state index >= 15 is 0 Å². The van der Waals surface area contributed by atoms with Crippen molar-refractivity contribution < 1.29 is 23.9 Å². The Morgan fingerprint density at radius 3 is 2.38 bits per heavy atom. The van der Waals surface area contributed by atoms with Gasteiger partial charge in [0.1, 0.15) is 6.04 Å². The minimum absolute atomic E-state index is 0.0318. The van der Waals surface area contributed by atoms with Crippen molar-refractivity contribution >= 4 is 23.8 Å². The summed E-state index contributed by atoms with van der Waals surface area (Å²) in [4.78, 5) is 46.1. The van der Waals surface area contributed by atoms with Crippen molar-refractivity contribution in [1.29, 1.82) is 0 Å². The van der Waals surface area contributed by atoms with E-state index in [-0.39, 0.29) is 19.4 Å². The normalized spacial score (nSPS) is 11.1. The molecular formula is C16H21N3O5. The van der Waals surface area contributed by atoms with Crippen LogP contribution in [0.3, 0.4) is 0 Å². The average Bonchev–Trinajstić information content (AvgIpc) is 2.56. The lowest BCUT2D eigenvalue weighted by molar-refractivity contribution is -0.141. The molecule has 8 nitrogen and oxygen atoms in total. The topological polar surface area (TPSA) is 114 Å². The van der Waals surface area contributed by atoms with Crippen molar-refractivity contribution in [3.8, 4) is 0 Å². The monoisotopic (exact) mass is 335 g/mol. The lowest BCUT2D eigenvalue weighted by atomic mass is 10.1. The number of carbonyl (C=O) groups is 4. The van der Waals surface area contributed by atoms with Crippen LogP contribution in [0.2, 0.25) is 0 Å². The van der Waals surface area contributed by atoms with Crippen molar-refractivity contribution in [2.75, 3.05) is 7.11 Å². The number of benzene rings is 1. The van der Waals surface area contributed by atoms with Crippen molar-refractivity contribution in [3.63, 3.8) is 0 Å². The highest BCUT2D eigenvalue weighted by Crippen LogP contribution is 2.00. The highest BCUT2D eigenvalue weighted by molar-refractivity contribution is 5.98. The second kappa shape index (κ2) is 9.98. The van der Waals surface area contributed by atoms with E-state index in [1.54, 1.807) is 0 Å². The van der Waals surface area contributed by atoms with Gasteiger partial charge in [0.25, 0.3) is 5.91 Å². The van der Waals surface area contributed by atoms with Crippen LogP contribution in [0, 0.1) is 0 Å². The van der Waals surface area contributed by atoms with Gasteiger partial charge < -0.3 is 15.4 Å². The highest BCUT2D eigenvalue weighted by Gasteiger charge is 2.22. The zero-order chi connectivity index (χ0) is 17.9. The summed E-state index contributed by atoms with van der Waals surface area (Å²) in [5.41, 5.74) is 0.879. The fraction of sp³-hybridized carbons (Fsp3) is 0.375. The maximum atomic E-state index is 12.1. The first-order valence-electron chi connectivity index (χ1n) is 7.39. The Morgan fingerprint density at radius 1 is 1.12 bits per heavy atom. The fourth-order valence-corrected chi connectivity index (χ4v) is 1.90. The Morgan fingerprint density at radius 2 is 1.79 bits per heavy atom. The molecule has 8 heteroatoms. The number of imide groups is 1. The van der Waals surface area contributed by atoms with Gasteiger partial charge in [-0.15, -0.1) is 0 Å². The van der Waals surface area contributed by atoms with E-state index in [1.165, 1.54) is 14.0 Å². The van der Waals surface area contributed by atoms with E-state index in [2.05, 4.69) is 20.7 Å². The average molecular weight is 335 g/mol. The Kier molecular flexibility index (Phi) is 7.97. The van der Waals surface area contributed by atoms with Crippen molar-refractivity contribution in [3.05, 3.63) is 35.9 Å². The number of carbonyl (C=O) groups excluding carboxylic acids is 4. The molecule has 4 amide bonds. The fourth-order valence-electron chi connectivity index (χ4n) is 1.90. The number of methoxy groups -OCH3 is 1. The third-order valence-corrected chi connectivity index (χ3v) is 3.09. The smallest absolute Gasteiger partial charge is 0.321 e. The zero-order valence-corrected chi connectivity index (χ0v) is 13.6. The summed E-state index contributed by atoms with van der Waals surface area (Å²) in [5.74, 6) is -1.64. The molecule has 0 spiro atoms. The first-order chi connectivity index (χ1) is 11.4. The molecule has 0 fully saturated rings. The molecule has 0 aliphatic rings. The molecule has 1 rings (SSSR count). The third-order valence-electron chi connectivity index (χ3n) is 3.09. The van der Waals surface area contributed by atoms with Gasteiger partial charge in [0.2, 0.25) is 5.91 Å². The van der Waals surface area contributed by atoms with E-state index in [4.69, 9.17) is 0 Å². The van der Waals surface area contributed by atoms with Gasteiger partial charge in [0.15, 0.2) is 0 Å². The van der Waals surface area contributed by atoms with Gasteiger partial charge in [-0.3, -0.25) is 19.7 Å². The quantitative estimate of drug-likeness (QED) is 0.627. The molecule has 0 aliphatic carbocycles. The van der Waals surface area contributed by atoms with Crippen LogP contribution in [0.25, 0.3) is 0 Å². The second-order valence-electron chi connectivity index (χ2n) is 5.03. The van der Waals surface area contributed by atoms with E-state index in [0.717, 1.165) is 5.56 Å². The van der Waals surface area contributed by atoms with Gasteiger partial charge in [-0.05, 0) is 12.0 Å². The molecule has 3 N–H and O–H groups in total. The number of rotatable bonds is 7. The first kappa shape index (κ1) is 19.1. The summed E-state index contributed by atoms with van der Waals surface area (Å²) in [6.07, 6.45) is -0.0233. The molecule has 1 aromatic rings. The van der Waals surface area contributed by atoms with Gasteiger partial charge in [0, 0.05) is 19.9 Å². The van der Waals surface area contributed by atoms with Crippen molar-refractivity contribution in [2.24, 2.45) is 0 Å². The van der Waals surface area contributed by atoms with Crippen LogP contribution >= 0.6 is 0 Å². The lowest BCUT2D eigenvalue weighted by Crippen LogP contribution is -2.50. The van der Waals surface area contributed by atoms with E-state index in [1.807, 2.05) is 30.3 Å². The Labute approximate surface area is 139 Å². The molecule has 1 aromatic carbocycles. The van der Waals surface area contributed by atoms with Gasteiger partial charge in [0.05, 0.1) is 7.11 Å². The number of nitrogens with one attached hydrogen (secondary N) is 3. The summed E-state index contributed by atoms with van der Waals surface area (Å²) >= 11 is 0. The number of amides is 4. The van der Waals surface area contributed by atoms with Crippen LogP contribution in [0.5, 0.6) is 0 Å². The van der Waals surface area contributed by atoms with Crippen molar-refractivity contribution in [1.82, 2.24) is 16.0 Å².